The smallest absolute Gasteiger partial charge is 0.272 e. The van der Waals surface area contributed by atoms with Gasteiger partial charge in [0.1, 0.15) is 0 Å². The summed E-state index contributed by atoms with van der Waals surface area (Å²) in [6.45, 7) is 1.54. The van der Waals surface area contributed by atoms with E-state index in [9.17, 15) is 24.5 Å². The van der Waals surface area contributed by atoms with Crippen LogP contribution in [0, 0.1) is 10.1 Å². The molecule has 12 heteroatoms. The highest BCUT2D eigenvalue weighted by Crippen LogP contribution is 2.16. The minimum atomic E-state index is -0.737. The number of carbonyl (C=O) groups is 1. The van der Waals surface area contributed by atoms with Crippen LogP contribution < -0.4 is 16.7 Å². The number of benzene rings is 1. The van der Waals surface area contributed by atoms with Crippen LogP contribution in [0.25, 0.3) is 0 Å². The molecule has 1 heterocycles. The van der Waals surface area contributed by atoms with Gasteiger partial charge in [0.2, 0.25) is 0 Å². The number of rotatable bonds is 6. The van der Waals surface area contributed by atoms with E-state index in [4.69, 9.17) is 0 Å². The van der Waals surface area contributed by atoms with E-state index in [1.165, 1.54) is 37.4 Å². The first-order valence-electron chi connectivity index (χ1n) is 6.80. The van der Waals surface area contributed by atoms with E-state index in [0.29, 0.717) is 5.56 Å². The maximum absolute atomic E-state index is 11.9. The summed E-state index contributed by atoms with van der Waals surface area (Å²) in [5.74, 6) is -0.490. The largest absolute Gasteiger partial charge is 0.342 e. The third-order valence-corrected chi connectivity index (χ3v) is 3.90. The lowest BCUT2D eigenvalue weighted by molar-refractivity contribution is -0.384. The number of aromatic nitrogens is 3. The van der Waals surface area contributed by atoms with Crippen molar-refractivity contribution >= 4 is 29.6 Å². The molecule has 0 aliphatic rings. The van der Waals surface area contributed by atoms with Crippen LogP contribution in [0.5, 0.6) is 0 Å². The van der Waals surface area contributed by atoms with Crippen LogP contribution in [0.3, 0.4) is 0 Å². The number of thioether (sulfide) groups is 1. The van der Waals surface area contributed by atoms with Crippen LogP contribution in [0.4, 0.5) is 5.69 Å². The molecule has 1 unspecified atom stereocenters. The highest BCUT2D eigenvalue weighted by molar-refractivity contribution is 8.00. The van der Waals surface area contributed by atoms with Crippen LogP contribution >= 0.6 is 11.8 Å². The number of aromatic amines is 2. The number of nitro benzene ring substituents is 1. The van der Waals surface area contributed by atoms with E-state index < -0.39 is 27.3 Å². The molecule has 2 rings (SSSR count). The van der Waals surface area contributed by atoms with Crippen LogP contribution in [0.15, 0.2) is 44.0 Å². The molecule has 3 N–H and O–H groups in total. The zero-order valence-electron chi connectivity index (χ0n) is 12.8. The summed E-state index contributed by atoms with van der Waals surface area (Å²) in [7, 11) is 0. The Morgan fingerprint density at radius 2 is 2.08 bits per heavy atom. The lowest BCUT2D eigenvalue weighted by Crippen LogP contribution is -2.30. The van der Waals surface area contributed by atoms with E-state index >= 15 is 0 Å². The van der Waals surface area contributed by atoms with Gasteiger partial charge < -0.3 is 0 Å². The van der Waals surface area contributed by atoms with Crippen molar-refractivity contribution in [3.8, 4) is 0 Å². The summed E-state index contributed by atoms with van der Waals surface area (Å²) < 4.78 is 0. The number of non-ortho nitro benzene ring substituents is 1. The molecular weight excluding hydrogens is 352 g/mol. The number of H-pyrrole nitrogens is 2. The van der Waals surface area contributed by atoms with Gasteiger partial charge in [-0.3, -0.25) is 24.7 Å². The highest BCUT2D eigenvalue weighted by Gasteiger charge is 2.17. The average molecular weight is 364 g/mol. The second-order valence-corrected chi connectivity index (χ2v) is 5.98. The zero-order valence-corrected chi connectivity index (χ0v) is 13.6. The third kappa shape index (κ3) is 5.10. The first-order chi connectivity index (χ1) is 11.9. The van der Waals surface area contributed by atoms with E-state index in [1.54, 1.807) is 0 Å². The van der Waals surface area contributed by atoms with Crippen molar-refractivity contribution in [1.82, 2.24) is 20.6 Å². The molecule has 2 aromatic rings. The maximum Gasteiger partial charge on any atom is 0.342 e. The van der Waals surface area contributed by atoms with Gasteiger partial charge >= 0.3 is 5.69 Å². The molecule has 25 heavy (non-hydrogen) atoms. The fourth-order valence-electron chi connectivity index (χ4n) is 1.58. The van der Waals surface area contributed by atoms with Gasteiger partial charge in [-0.05, 0) is 24.6 Å². The summed E-state index contributed by atoms with van der Waals surface area (Å²) in [5.41, 5.74) is 1.36. The minimum absolute atomic E-state index is 0.0511. The summed E-state index contributed by atoms with van der Waals surface area (Å²) in [6, 6.07) is 5.59. The number of amides is 1. The number of carbonyl (C=O) groups excluding carboxylic acids is 1. The summed E-state index contributed by atoms with van der Waals surface area (Å²) in [6.07, 6.45) is 1.32. The number of nitrogens with zero attached hydrogens (tertiary/aromatic N) is 3. The standard InChI is InChI=1S/C13H12N6O5S/c1-7(25-12-11(21)15-13(22)18-17-12)10(20)16-14-6-8-2-4-9(5-3-8)19(23)24/h2-7H,1H3,(H,16,20)(H2,15,18,21,22)/b14-6+. The van der Waals surface area contributed by atoms with Gasteiger partial charge in [-0.2, -0.15) is 10.2 Å². The molecule has 1 aromatic heterocycles. The van der Waals surface area contributed by atoms with Gasteiger partial charge in [-0.15, -0.1) is 0 Å². The van der Waals surface area contributed by atoms with Crippen molar-refractivity contribution in [3.05, 3.63) is 60.8 Å². The van der Waals surface area contributed by atoms with E-state index in [2.05, 4.69) is 20.7 Å². The average Bonchev–Trinajstić information content (AvgIpc) is 2.57. The Morgan fingerprint density at radius 1 is 1.40 bits per heavy atom. The van der Waals surface area contributed by atoms with Crippen molar-refractivity contribution in [2.24, 2.45) is 5.10 Å². The maximum atomic E-state index is 11.9. The van der Waals surface area contributed by atoms with Crippen LogP contribution in [-0.4, -0.2) is 37.5 Å². The summed E-state index contributed by atoms with van der Waals surface area (Å²) >= 11 is 0.853. The highest BCUT2D eigenvalue weighted by atomic mass is 32.2. The van der Waals surface area contributed by atoms with Crippen molar-refractivity contribution in [3.63, 3.8) is 0 Å². The number of hydrogen-bond acceptors (Lipinski definition) is 8. The Balaban J connectivity index is 1.93. The lowest BCUT2D eigenvalue weighted by Gasteiger charge is -2.07. The monoisotopic (exact) mass is 364 g/mol. The molecule has 1 aromatic carbocycles. The van der Waals surface area contributed by atoms with Gasteiger partial charge in [0.05, 0.1) is 16.4 Å². The molecule has 0 fully saturated rings. The quantitative estimate of drug-likeness (QED) is 0.281. The molecule has 0 saturated carbocycles. The lowest BCUT2D eigenvalue weighted by atomic mass is 10.2. The molecule has 130 valence electrons. The van der Waals surface area contributed by atoms with Crippen LogP contribution in [0.1, 0.15) is 12.5 Å². The number of nitrogens with one attached hydrogen (secondary N) is 3. The van der Waals surface area contributed by atoms with Gasteiger partial charge in [0, 0.05) is 12.1 Å². The molecule has 1 amide bonds. The fourth-order valence-corrected chi connectivity index (χ4v) is 2.33. The van der Waals surface area contributed by atoms with E-state index in [-0.39, 0.29) is 10.7 Å². The molecule has 0 bridgehead atoms. The number of hydrogen-bond donors (Lipinski definition) is 3. The molecule has 11 nitrogen and oxygen atoms in total. The second kappa shape index (κ2) is 8.01. The zero-order chi connectivity index (χ0) is 18.4. The molecule has 0 saturated heterocycles. The number of nitro groups is 1. The summed E-state index contributed by atoms with van der Waals surface area (Å²) in [5, 5.41) is 19.2. The Kier molecular flexibility index (Phi) is 5.79. The molecule has 1 atom stereocenters. The number of hydrazone groups is 1. The van der Waals surface area contributed by atoms with Crippen LogP contribution in [0.2, 0.25) is 0 Å². The molecule has 0 aliphatic carbocycles. The normalized spacial score (nSPS) is 12.0. The Bertz CT molecular complexity index is 919. The topological polar surface area (TPSA) is 163 Å². The molecule has 0 spiro atoms. The van der Waals surface area contributed by atoms with Crippen LogP contribution in [-0.2, 0) is 4.79 Å². The molecule has 0 radical (unpaired) electrons. The first kappa shape index (κ1) is 18.1. The van der Waals surface area contributed by atoms with E-state index in [1.807, 2.05) is 4.98 Å². The first-order valence-corrected chi connectivity index (χ1v) is 7.68. The Hall–Kier alpha value is -3.28. The van der Waals surface area contributed by atoms with Gasteiger partial charge in [-0.25, -0.2) is 15.3 Å². The predicted molar refractivity (Wildman–Crippen MR) is 89.6 cm³/mol. The van der Waals surface area contributed by atoms with Crippen molar-refractivity contribution in [2.75, 3.05) is 0 Å². The SMILES string of the molecule is CC(Sc1n[nH]c(=O)[nH]c1=O)C(=O)N/N=C/c1ccc([N+](=O)[O-])cc1. The van der Waals surface area contributed by atoms with Gasteiger partial charge in [0.25, 0.3) is 17.2 Å². The third-order valence-electron chi connectivity index (χ3n) is 2.83. The van der Waals surface area contributed by atoms with Gasteiger partial charge in [0.15, 0.2) is 5.03 Å². The van der Waals surface area contributed by atoms with Gasteiger partial charge in [-0.1, -0.05) is 11.8 Å². The summed E-state index contributed by atoms with van der Waals surface area (Å²) in [4.78, 5) is 46.3. The fraction of sp³-hybridized carbons (Fsp3) is 0.154. The van der Waals surface area contributed by atoms with Crippen molar-refractivity contribution in [1.29, 1.82) is 0 Å². The Labute approximate surface area is 143 Å². The van der Waals surface area contributed by atoms with Crippen molar-refractivity contribution in [2.45, 2.75) is 17.2 Å². The van der Waals surface area contributed by atoms with Crippen molar-refractivity contribution < 1.29 is 9.72 Å². The van der Waals surface area contributed by atoms with E-state index in [0.717, 1.165) is 11.8 Å². The Morgan fingerprint density at radius 3 is 2.68 bits per heavy atom. The molecular formula is C13H12N6O5S. The predicted octanol–water partition coefficient (Wildman–Crippen LogP) is -0.00270. The second-order valence-electron chi connectivity index (χ2n) is 4.65. The molecule has 0 aliphatic heterocycles. The minimum Gasteiger partial charge on any atom is -0.272 e.